The van der Waals surface area contributed by atoms with E-state index in [0.29, 0.717) is 17.1 Å². The molecule has 0 unspecified atom stereocenters. The molecule has 2 aromatic carbocycles. The zero-order valence-electron chi connectivity index (χ0n) is 15.1. The summed E-state index contributed by atoms with van der Waals surface area (Å²) in [7, 11) is 3.10. The minimum absolute atomic E-state index is 0.0229. The van der Waals surface area contributed by atoms with Crippen LogP contribution in [0.1, 0.15) is 29.8 Å². The fraction of sp³-hybridized carbons (Fsp3) is 0.350. The molecule has 134 valence electrons. The monoisotopic (exact) mass is 344 g/mol. The number of methoxy groups -OCH3 is 2. The molecule has 5 heteroatoms. The summed E-state index contributed by atoms with van der Waals surface area (Å²) >= 11 is 0. The van der Waals surface area contributed by atoms with E-state index in [1.54, 1.807) is 20.3 Å². The predicted octanol–water partition coefficient (Wildman–Crippen LogP) is 3.81. The van der Waals surface area contributed by atoms with Gasteiger partial charge in [0.05, 0.1) is 5.41 Å². The summed E-state index contributed by atoms with van der Waals surface area (Å²) in [5, 5.41) is 0. The number of benzene rings is 2. The van der Waals surface area contributed by atoms with Gasteiger partial charge in [-0.3, -0.25) is 4.79 Å². The van der Waals surface area contributed by atoms with Crippen LogP contribution in [0.25, 0.3) is 0 Å². The van der Waals surface area contributed by atoms with Crippen molar-refractivity contribution in [1.29, 1.82) is 0 Å². The average molecular weight is 344 g/mol. The van der Waals surface area contributed by atoms with Gasteiger partial charge in [0.2, 0.25) is 0 Å². The van der Waals surface area contributed by atoms with Gasteiger partial charge < -0.3 is 18.9 Å². The van der Waals surface area contributed by atoms with E-state index in [2.05, 4.69) is 0 Å². The lowest BCUT2D eigenvalue weighted by Gasteiger charge is -2.25. The third kappa shape index (κ3) is 4.81. The van der Waals surface area contributed by atoms with Gasteiger partial charge in [-0.2, -0.15) is 0 Å². The molecule has 2 aromatic rings. The van der Waals surface area contributed by atoms with Crippen molar-refractivity contribution in [1.82, 2.24) is 0 Å². The first-order valence-electron chi connectivity index (χ1n) is 7.98. The maximum atomic E-state index is 13.0. The van der Waals surface area contributed by atoms with Crippen molar-refractivity contribution in [2.24, 2.45) is 0 Å². The molecule has 0 aliphatic carbocycles. The summed E-state index contributed by atoms with van der Waals surface area (Å²) in [5.41, 5.74) is 0.704. The van der Waals surface area contributed by atoms with Gasteiger partial charge in [-0.15, -0.1) is 0 Å². The quantitative estimate of drug-likeness (QED) is 0.511. The Bertz CT molecular complexity index is 668. The molecular formula is C20H24O5. The van der Waals surface area contributed by atoms with Gasteiger partial charge in [-0.25, -0.2) is 0 Å². The Morgan fingerprint density at radius 3 is 1.88 bits per heavy atom. The van der Waals surface area contributed by atoms with E-state index >= 15 is 0 Å². The first-order valence-corrected chi connectivity index (χ1v) is 7.98. The molecule has 0 atom stereocenters. The topological polar surface area (TPSA) is 54.0 Å². The van der Waals surface area contributed by atoms with Crippen molar-refractivity contribution < 1.29 is 23.7 Å². The molecular weight excluding hydrogens is 320 g/mol. The Hall–Kier alpha value is -2.37. The maximum absolute atomic E-state index is 13.0. The van der Waals surface area contributed by atoms with E-state index in [9.17, 15) is 4.79 Å². The Morgan fingerprint density at radius 2 is 1.40 bits per heavy atom. The third-order valence-corrected chi connectivity index (χ3v) is 3.89. The van der Waals surface area contributed by atoms with Crippen molar-refractivity contribution in [2.45, 2.75) is 19.3 Å². The summed E-state index contributed by atoms with van der Waals surface area (Å²) in [6.07, 6.45) is 0. The molecule has 0 saturated carbocycles. The van der Waals surface area contributed by atoms with E-state index in [0.717, 1.165) is 5.56 Å². The number of Topliss-reactive ketones (excluding diaryl/α,β-unsaturated/α-hetero) is 1. The van der Waals surface area contributed by atoms with Crippen LogP contribution in [0, 0.1) is 0 Å². The summed E-state index contributed by atoms with van der Waals surface area (Å²) in [6, 6.07) is 14.6. The molecule has 0 aromatic heterocycles. The van der Waals surface area contributed by atoms with Gasteiger partial charge in [0.15, 0.2) is 19.4 Å². The summed E-state index contributed by atoms with van der Waals surface area (Å²) in [6.45, 7) is 4.00. The zero-order valence-corrected chi connectivity index (χ0v) is 15.1. The van der Waals surface area contributed by atoms with Crippen LogP contribution in [-0.2, 0) is 14.9 Å². The molecule has 2 rings (SSSR count). The number of ketones is 1. The van der Waals surface area contributed by atoms with Gasteiger partial charge in [0.25, 0.3) is 0 Å². The summed E-state index contributed by atoms with van der Waals surface area (Å²) < 4.78 is 21.0. The van der Waals surface area contributed by atoms with Crippen molar-refractivity contribution in [2.75, 3.05) is 27.8 Å². The highest BCUT2D eigenvalue weighted by atomic mass is 16.7. The lowest BCUT2D eigenvalue weighted by Crippen LogP contribution is -2.29. The smallest absolute Gasteiger partial charge is 0.188 e. The Kier molecular flexibility index (Phi) is 6.56. The number of carbonyl (C=O) groups excluding carboxylic acids is 1. The van der Waals surface area contributed by atoms with E-state index in [4.69, 9.17) is 18.9 Å². The number of hydrogen-bond donors (Lipinski definition) is 0. The largest absolute Gasteiger partial charge is 0.467 e. The van der Waals surface area contributed by atoms with Crippen LogP contribution in [-0.4, -0.2) is 33.6 Å². The summed E-state index contributed by atoms with van der Waals surface area (Å²) in [4.78, 5) is 13.0. The molecule has 0 bridgehead atoms. The van der Waals surface area contributed by atoms with Crippen molar-refractivity contribution in [3.63, 3.8) is 0 Å². The van der Waals surface area contributed by atoms with Gasteiger partial charge in [0.1, 0.15) is 11.5 Å². The van der Waals surface area contributed by atoms with Crippen LogP contribution < -0.4 is 9.47 Å². The number of hydrogen-bond acceptors (Lipinski definition) is 5. The second kappa shape index (κ2) is 8.65. The van der Waals surface area contributed by atoms with Crippen molar-refractivity contribution >= 4 is 5.78 Å². The van der Waals surface area contributed by atoms with E-state index in [1.165, 1.54) is 0 Å². The molecule has 0 aliphatic rings. The molecule has 0 amide bonds. The van der Waals surface area contributed by atoms with Crippen LogP contribution in [0.2, 0.25) is 0 Å². The van der Waals surface area contributed by atoms with E-state index in [-0.39, 0.29) is 19.4 Å². The van der Waals surface area contributed by atoms with Crippen LogP contribution in [0.15, 0.2) is 48.5 Å². The highest BCUT2D eigenvalue weighted by Crippen LogP contribution is 2.34. The molecule has 0 N–H and O–H groups in total. The predicted molar refractivity (Wildman–Crippen MR) is 95.2 cm³/mol. The van der Waals surface area contributed by atoms with Crippen molar-refractivity contribution in [3.8, 4) is 11.5 Å². The van der Waals surface area contributed by atoms with Gasteiger partial charge >= 0.3 is 0 Å². The number of rotatable bonds is 9. The number of ether oxygens (including phenoxy) is 4. The van der Waals surface area contributed by atoms with Gasteiger partial charge in [0, 0.05) is 25.8 Å². The zero-order chi connectivity index (χ0) is 18.3. The van der Waals surface area contributed by atoms with Gasteiger partial charge in [-0.05, 0) is 31.5 Å². The van der Waals surface area contributed by atoms with E-state index in [1.807, 2.05) is 56.3 Å². The SMILES string of the molecule is COCOc1cc(OCOC)cc(C(C)(C)C(=O)c2ccccc2)c1. The second-order valence-corrected chi connectivity index (χ2v) is 6.11. The fourth-order valence-corrected chi connectivity index (χ4v) is 2.43. The minimum atomic E-state index is -0.751. The standard InChI is InChI=1S/C20H24O5/c1-20(2,19(21)15-8-6-5-7-9-15)16-10-17(24-13-22-3)12-18(11-16)25-14-23-4/h5-12H,13-14H2,1-4H3. The maximum Gasteiger partial charge on any atom is 0.188 e. The van der Waals surface area contributed by atoms with E-state index < -0.39 is 5.41 Å². The van der Waals surface area contributed by atoms with Crippen LogP contribution in [0.4, 0.5) is 0 Å². The molecule has 25 heavy (non-hydrogen) atoms. The summed E-state index contributed by atoms with van der Waals surface area (Å²) in [5.74, 6) is 1.16. The molecule has 0 saturated heterocycles. The molecule has 5 nitrogen and oxygen atoms in total. The molecule has 0 heterocycles. The van der Waals surface area contributed by atoms with Crippen LogP contribution in [0.5, 0.6) is 11.5 Å². The first-order chi connectivity index (χ1) is 12.0. The number of carbonyl (C=O) groups is 1. The average Bonchev–Trinajstić information content (AvgIpc) is 2.64. The Morgan fingerprint density at radius 1 is 0.880 bits per heavy atom. The van der Waals surface area contributed by atoms with Crippen LogP contribution in [0.3, 0.4) is 0 Å². The highest BCUT2D eigenvalue weighted by Gasteiger charge is 2.31. The van der Waals surface area contributed by atoms with Gasteiger partial charge in [-0.1, -0.05) is 30.3 Å². The molecule has 0 fully saturated rings. The fourth-order valence-electron chi connectivity index (χ4n) is 2.43. The first kappa shape index (κ1) is 19.0. The lowest BCUT2D eigenvalue weighted by molar-refractivity contribution is 0.0458. The normalized spacial score (nSPS) is 11.2. The van der Waals surface area contributed by atoms with Crippen LogP contribution >= 0.6 is 0 Å². The second-order valence-electron chi connectivity index (χ2n) is 6.11. The Labute approximate surface area is 148 Å². The Balaban J connectivity index is 2.38. The molecule has 0 spiro atoms. The lowest BCUT2D eigenvalue weighted by atomic mass is 9.78. The molecule has 0 aliphatic heterocycles. The highest BCUT2D eigenvalue weighted by molar-refractivity contribution is 6.03. The molecule has 0 radical (unpaired) electrons. The van der Waals surface area contributed by atoms with Crippen molar-refractivity contribution in [3.05, 3.63) is 59.7 Å². The minimum Gasteiger partial charge on any atom is -0.467 e. The third-order valence-electron chi connectivity index (χ3n) is 3.89.